The molecule has 0 saturated heterocycles. The van der Waals surface area contributed by atoms with E-state index in [0.717, 1.165) is 70.6 Å². The summed E-state index contributed by atoms with van der Waals surface area (Å²) in [6, 6.07) is -1.39. The zero-order valence-electron chi connectivity index (χ0n) is 28.1. The van der Waals surface area contributed by atoms with Crippen molar-refractivity contribution in [1.82, 2.24) is 10.6 Å². The van der Waals surface area contributed by atoms with E-state index < -0.39 is 24.5 Å². The van der Waals surface area contributed by atoms with Crippen molar-refractivity contribution in [3.63, 3.8) is 0 Å². The number of unbranched alkanes of at least 4 members (excludes halogenated alkanes) is 12. The van der Waals surface area contributed by atoms with Crippen molar-refractivity contribution in [2.24, 2.45) is 0 Å². The van der Waals surface area contributed by atoms with Gasteiger partial charge in [0.15, 0.2) is 0 Å². The molecule has 0 bridgehead atoms. The van der Waals surface area contributed by atoms with E-state index >= 15 is 0 Å². The van der Waals surface area contributed by atoms with Gasteiger partial charge in [0.05, 0.1) is 13.2 Å². The molecular formula is C36H62N2O7. The third-order valence-corrected chi connectivity index (χ3v) is 7.32. The molecule has 0 aromatic rings. The average Bonchev–Trinajstić information content (AvgIpc) is 3.02. The molecule has 2 unspecified atom stereocenters. The minimum atomic E-state index is -1.39. The topological polar surface area (TPSA) is 142 Å². The maximum Gasteiger partial charge on any atom is 0.328 e. The van der Waals surface area contributed by atoms with E-state index in [9.17, 15) is 19.2 Å². The highest BCUT2D eigenvalue weighted by atomic mass is 16.5. The molecule has 258 valence electrons. The van der Waals surface area contributed by atoms with Crippen LogP contribution in [0.3, 0.4) is 0 Å². The first kappa shape index (κ1) is 42.1. The van der Waals surface area contributed by atoms with Crippen LogP contribution in [0, 0.1) is 0 Å². The number of aliphatic hydroxyl groups is 1. The van der Waals surface area contributed by atoms with Crippen molar-refractivity contribution in [1.29, 1.82) is 0 Å². The Morgan fingerprint density at radius 3 is 1.98 bits per heavy atom. The number of aliphatic hydroxyl groups excluding tert-OH is 1. The molecule has 0 aliphatic carbocycles. The molecule has 4 N–H and O–H groups in total. The summed E-state index contributed by atoms with van der Waals surface area (Å²) in [5, 5.41) is 22.4. The molecule has 0 aliphatic rings. The van der Waals surface area contributed by atoms with Gasteiger partial charge in [0, 0.05) is 12.8 Å². The van der Waals surface area contributed by atoms with Gasteiger partial charge in [-0.15, -0.1) is 0 Å². The maximum atomic E-state index is 12.5. The van der Waals surface area contributed by atoms with E-state index in [1.54, 1.807) is 0 Å². The summed E-state index contributed by atoms with van der Waals surface area (Å²) in [6.45, 7) is 3.31. The highest BCUT2D eigenvalue weighted by molar-refractivity contribution is 5.87. The quantitative estimate of drug-likeness (QED) is 0.0375. The smallest absolute Gasteiger partial charge is 0.328 e. The number of carboxylic acid groups (broad SMARTS) is 1. The Hall–Kier alpha value is -2.94. The van der Waals surface area contributed by atoms with Crippen LogP contribution in [0.1, 0.15) is 142 Å². The lowest BCUT2D eigenvalue weighted by molar-refractivity contribution is -0.147. The second-order valence-electron chi connectivity index (χ2n) is 11.6. The average molecular weight is 635 g/mol. The van der Waals surface area contributed by atoms with Crippen LogP contribution < -0.4 is 10.6 Å². The lowest BCUT2D eigenvalue weighted by Gasteiger charge is -2.15. The summed E-state index contributed by atoms with van der Waals surface area (Å²) in [7, 11) is 0. The predicted molar refractivity (Wildman–Crippen MR) is 181 cm³/mol. The molecule has 0 saturated carbocycles. The Bertz CT molecular complexity index is 869. The van der Waals surface area contributed by atoms with Crippen molar-refractivity contribution >= 4 is 23.8 Å². The highest BCUT2D eigenvalue weighted by Crippen LogP contribution is 2.14. The van der Waals surface area contributed by atoms with Gasteiger partial charge in [0.1, 0.15) is 12.1 Å². The van der Waals surface area contributed by atoms with Gasteiger partial charge in [-0.2, -0.15) is 0 Å². The molecule has 45 heavy (non-hydrogen) atoms. The van der Waals surface area contributed by atoms with Crippen molar-refractivity contribution in [3.05, 3.63) is 36.5 Å². The fourth-order valence-corrected chi connectivity index (χ4v) is 4.60. The van der Waals surface area contributed by atoms with Crippen molar-refractivity contribution in [2.75, 3.05) is 13.2 Å². The van der Waals surface area contributed by atoms with E-state index in [1.165, 1.54) is 38.5 Å². The Kier molecular flexibility index (Phi) is 29.0. The number of carboxylic acids is 1. The molecule has 2 atom stereocenters. The van der Waals surface area contributed by atoms with Crippen LogP contribution in [0.2, 0.25) is 0 Å². The fourth-order valence-electron chi connectivity index (χ4n) is 4.60. The summed E-state index contributed by atoms with van der Waals surface area (Å²) >= 11 is 0. The molecule has 0 aromatic carbocycles. The normalized spacial score (nSPS) is 13.0. The van der Waals surface area contributed by atoms with Crippen LogP contribution in [-0.4, -0.2) is 59.3 Å². The van der Waals surface area contributed by atoms with E-state index in [1.807, 2.05) is 6.08 Å². The van der Waals surface area contributed by atoms with Gasteiger partial charge in [-0.3, -0.25) is 14.4 Å². The van der Waals surface area contributed by atoms with Gasteiger partial charge in [0.25, 0.3) is 0 Å². The standard InChI is InChI=1S/C36H62N2O7/c1-3-5-7-9-11-12-13-14-15-16-18-24-28-35(42)45-31(25-21-17-10-8-6-4-2)26-22-19-20-23-27-33(40)37-29-34(41)38-32(30-39)36(43)44/h8,10-12,21,25,31-32,39H,3-7,9,13-20,22-24,26-30H2,1-2H3,(H,37,40)(H,38,41)(H,43,44)/b10-8-,12-11-,25-21-. The number of nitrogens with one attached hydrogen (secondary N) is 2. The summed E-state index contributed by atoms with van der Waals surface area (Å²) in [5.41, 5.74) is 0. The van der Waals surface area contributed by atoms with Gasteiger partial charge >= 0.3 is 11.9 Å². The van der Waals surface area contributed by atoms with Gasteiger partial charge in [-0.25, -0.2) is 4.79 Å². The van der Waals surface area contributed by atoms with Crippen molar-refractivity contribution in [3.8, 4) is 0 Å². The first-order valence-electron chi connectivity index (χ1n) is 17.4. The molecule has 0 aromatic heterocycles. The fraction of sp³-hybridized carbons (Fsp3) is 0.722. The number of hydrogen-bond acceptors (Lipinski definition) is 6. The molecular weight excluding hydrogens is 572 g/mol. The molecule has 0 heterocycles. The first-order valence-corrected chi connectivity index (χ1v) is 17.4. The molecule has 0 aliphatic heterocycles. The Labute approximate surface area is 272 Å². The molecule has 9 nitrogen and oxygen atoms in total. The molecule has 0 fully saturated rings. The number of hydrogen-bond donors (Lipinski definition) is 4. The summed E-state index contributed by atoms with van der Waals surface area (Å²) in [5.74, 6) is -2.45. The zero-order valence-corrected chi connectivity index (χ0v) is 28.1. The highest BCUT2D eigenvalue weighted by Gasteiger charge is 2.18. The largest absolute Gasteiger partial charge is 0.480 e. The van der Waals surface area contributed by atoms with Gasteiger partial charge in [-0.1, -0.05) is 95.6 Å². The molecule has 2 amide bonds. The zero-order chi connectivity index (χ0) is 33.4. The second kappa shape index (κ2) is 31.1. The lowest BCUT2D eigenvalue weighted by Crippen LogP contribution is -2.47. The maximum absolute atomic E-state index is 12.5. The van der Waals surface area contributed by atoms with E-state index in [4.69, 9.17) is 14.9 Å². The third kappa shape index (κ3) is 28.3. The number of carbonyl (C=O) groups excluding carboxylic acids is 3. The molecule has 0 spiro atoms. The monoisotopic (exact) mass is 634 g/mol. The number of rotatable bonds is 30. The van der Waals surface area contributed by atoms with Crippen LogP contribution in [0.15, 0.2) is 36.5 Å². The van der Waals surface area contributed by atoms with Gasteiger partial charge < -0.3 is 25.6 Å². The predicted octanol–water partition coefficient (Wildman–Crippen LogP) is 7.09. The van der Waals surface area contributed by atoms with Crippen LogP contribution in [0.4, 0.5) is 0 Å². The Morgan fingerprint density at radius 1 is 0.689 bits per heavy atom. The minimum absolute atomic E-state index is 0.143. The van der Waals surface area contributed by atoms with Crippen LogP contribution in [-0.2, 0) is 23.9 Å². The first-order chi connectivity index (χ1) is 21.8. The van der Waals surface area contributed by atoms with Crippen LogP contribution >= 0.6 is 0 Å². The lowest BCUT2D eigenvalue weighted by atomic mass is 10.1. The second-order valence-corrected chi connectivity index (χ2v) is 11.6. The summed E-state index contributed by atoms with van der Waals surface area (Å²) < 4.78 is 5.81. The summed E-state index contributed by atoms with van der Waals surface area (Å²) in [6.07, 6.45) is 32.0. The summed E-state index contributed by atoms with van der Waals surface area (Å²) in [4.78, 5) is 47.1. The minimum Gasteiger partial charge on any atom is -0.480 e. The number of esters is 1. The molecule has 9 heteroatoms. The van der Waals surface area contributed by atoms with Crippen LogP contribution in [0.25, 0.3) is 0 Å². The van der Waals surface area contributed by atoms with Gasteiger partial charge in [-0.05, 0) is 70.3 Å². The Balaban J connectivity index is 4.28. The number of carbonyl (C=O) groups is 4. The van der Waals surface area contributed by atoms with E-state index in [2.05, 4.69) is 54.9 Å². The molecule has 0 rings (SSSR count). The van der Waals surface area contributed by atoms with Crippen LogP contribution in [0.5, 0.6) is 0 Å². The van der Waals surface area contributed by atoms with Gasteiger partial charge in [0.2, 0.25) is 11.8 Å². The number of aliphatic carboxylic acids is 1. The number of ether oxygens (including phenoxy) is 1. The number of allylic oxidation sites excluding steroid dienone is 5. The Morgan fingerprint density at radius 2 is 1.31 bits per heavy atom. The SMILES string of the molecule is CCC/C=C\C/C=C\C(CCCCCCC(=O)NCC(=O)NC(CO)C(=O)O)OC(=O)CCCCCCC/C=C\CCCCC. The van der Waals surface area contributed by atoms with Crippen molar-refractivity contribution in [2.45, 2.75) is 154 Å². The van der Waals surface area contributed by atoms with E-state index in [-0.39, 0.29) is 30.9 Å². The third-order valence-electron chi connectivity index (χ3n) is 7.32. The molecule has 0 radical (unpaired) electrons. The van der Waals surface area contributed by atoms with Crippen molar-refractivity contribution < 1.29 is 34.1 Å². The van der Waals surface area contributed by atoms with E-state index in [0.29, 0.717) is 12.8 Å². The number of amides is 2.